The zero-order chi connectivity index (χ0) is 16.9. The van der Waals surface area contributed by atoms with Crippen molar-refractivity contribution in [3.63, 3.8) is 0 Å². The van der Waals surface area contributed by atoms with Crippen LogP contribution in [0.15, 0.2) is 67.3 Å². The molecule has 1 atom stereocenters. The average Bonchev–Trinajstić information content (AvgIpc) is 3.22. The highest BCUT2D eigenvalue weighted by Crippen LogP contribution is 2.26. The Morgan fingerprint density at radius 3 is 2.80 bits per heavy atom. The smallest absolute Gasteiger partial charge is 0.138 e. The summed E-state index contributed by atoms with van der Waals surface area (Å²) >= 11 is 0. The topological polar surface area (TPSA) is 34.0 Å². The van der Waals surface area contributed by atoms with Gasteiger partial charge in [-0.3, -0.25) is 4.57 Å². The molecule has 1 saturated heterocycles. The van der Waals surface area contributed by atoms with Crippen molar-refractivity contribution < 1.29 is 0 Å². The third kappa shape index (κ3) is 3.97. The number of aromatic nitrogens is 3. The summed E-state index contributed by atoms with van der Waals surface area (Å²) < 4.78 is 1.97. The van der Waals surface area contributed by atoms with Gasteiger partial charge in [-0.05, 0) is 43.5 Å². The molecule has 4 heteroatoms. The van der Waals surface area contributed by atoms with Gasteiger partial charge < -0.3 is 4.90 Å². The van der Waals surface area contributed by atoms with Gasteiger partial charge in [-0.1, -0.05) is 36.4 Å². The average molecular weight is 332 g/mol. The van der Waals surface area contributed by atoms with Crippen molar-refractivity contribution in [2.75, 3.05) is 19.6 Å². The van der Waals surface area contributed by atoms with Crippen LogP contribution in [-0.4, -0.2) is 39.1 Å². The Labute approximate surface area is 149 Å². The zero-order valence-electron chi connectivity index (χ0n) is 14.5. The van der Waals surface area contributed by atoms with Crippen LogP contribution in [0.3, 0.4) is 0 Å². The van der Waals surface area contributed by atoms with Crippen molar-refractivity contribution in [2.45, 2.75) is 25.2 Å². The Morgan fingerprint density at radius 2 is 1.96 bits per heavy atom. The molecule has 0 amide bonds. The molecule has 0 spiro atoms. The minimum absolute atomic E-state index is 0.521. The highest BCUT2D eigenvalue weighted by molar-refractivity contribution is 5.26. The van der Waals surface area contributed by atoms with Crippen molar-refractivity contribution in [1.29, 1.82) is 0 Å². The molecule has 2 aromatic heterocycles. The molecule has 4 nitrogen and oxygen atoms in total. The van der Waals surface area contributed by atoms with E-state index in [0.29, 0.717) is 5.92 Å². The first kappa shape index (κ1) is 16.0. The maximum Gasteiger partial charge on any atom is 0.138 e. The van der Waals surface area contributed by atoms with E-state index in [2.05, 4.69) is 52.3 Å². The van der Waals surface area contributed by atoms with Gasteiger partial charge in [0.25, 0.3) is 0 Å². The van der Waals surface area contributed by atoms with Gasteiger partial charge in [0.2, 0.25) is 0 Å². The van der Waals surface area contributed by atoms with Gasteiger partial charge in [0.15, 0.2) is 0 Å². The van der Waals surface area contributed by atoms with E-state index in [-0.39, 0.29) is 0 Å². The van der Waals surface area contributed by atoms with Crippen molar-refractivity contribution >= 4 is 0 Å². The van der Waals surface area contributed by atoms with Crippen LogP contribution in [0.1, 0.15) is 30.0 Å². The van der Waals surface area contributed by atoms with Crippen LogP contribution in [0.4, 0.5) is 0 Å². The van der Waals surface area contributed by atoms with E-state index < -0.39 is 0 Å². The Bertz CT molecular complexity index is 783. The fourth-order valence-corrected chi connectivity index (χ4v) is 3.64. The molecule has 1 aliphatic rings. The fourth-order valence-electron chi connectivity index (χ4n) is 3.64. The fraction of sp³-hybridized carbons (Fsp3) is 0.333. The Kier molecular flexibility index (Phi) is 4.89. The van der Waals surface area contributed by atoms with Crippen molar-refractivity contribution in [3.8, 4) is 5.82 Å². The summed E-state index contributed by atoms with van der Waals surface area (Å²) in [5.74, 6) is 1.48. The van der Waals surface area contributed by atoms with Gasteiger partial charge in [0.1, 0.15) is 12.1 Å². The lowest BCUT2D eigenvalue weighted by molar-refractivity contribution is 0.208. The third-order valence-corrected chi connectivity index (χ3v) is 5.01. The van der Waals surface area contributed by atoms with Crippen LogP contribution < -0.4 is 0 Å². The van der Waals surface area contributed by atoms with Crippen LogP contribution in [0.25, 0.3) is 5.82 Å². The molecule has 0 bridgehead atoms. The molecule has 0 saturated carbocycles. The van der Waals surface area contributed by atoms with E-state index in [0.717, 1.165) is 25.3 Å². The van der Waals surface area contributed by atoms with Crippen molar-refractivity contribution in [1.82, 2.24) is 19.4 Å². The lowest BCUT2D eigenvalue weighted by Gasteiger charge is -2.32. The molecule has 0 N–H and O–H groups in total. The van der Waals surface area contributed by atoms with E-state index >= 15 is 0 Å². The number of rotatable bonds is 5. The first-order chi connectivity index (χ1) is 12.4. The summed E-state index contributed by atoms with van der Waals surface area (Å²) in [5.41, 5.74) is 2.63. The summed E-state index contributed by atoms with van der Waals surface area (Å²) in [7, 11) is 0. The van der Waals surface area contributed by atoms with Gasteiger partial charge >= 0.3 is 0 Å². The molecule has 0 radical (unpaired) electrons. The van der Waals surface area contributed by atoms with E-state index in [1.807, 2.05) is 16.8 Å². The molecule has 0 unspecified atom stereocenters. The summed E-state index contributed by atoms with van der Waals surface area (Å²) in [6.45, 7) is 3.43. The lowest BCUT2D eigenvalue weighted by Crippen LogP contribution is -2.36. The molecule has 3 aromatic rings. The minimum atomic E-state index is 0.521. The van der Waals surface area contributed by atoms with Gasteiger partial charge in [0.05, 0.1) is 0 Å². The standard InChI is InChI=1S/C21H24N4/c1-2-6-18(7-3-1)11-14-24-13-5-8-19(16-24)20-9-4-10-21(23-20)25-15-12-22-17-25/h1-4,6-7,9-10,12,15,17,19H,5,8,11,13-14,16H2/t19-/m0/s1. The molecule has 128 valence electrons. The van der Waals surface area contributed by atoms with Crippen LogP contribution in [0.5, 0.6) is 0 Å². The first-order valence-electron chi connectivity index (χ1n) is 9.10. The zero-order valence-corrected chi connectivity index (χ0v) is 14.5. The molecule has 0 aliphatic carbocycles. The highest BCUT2D eigenvalue weighted by Gasteiger charge is 2.22. The van der Waals surface area contributed by atoms with Crippen LogP contribution >= 0.6 is 0 Å². The number of nitrogens with zero attached hydrogens (tertiary/aromatic N) is 4. The number of pyridine rings is 1. The van der Waals surface area contributed by atoms with E-state index in [1.165, 1.54) is 30.6 Å². The number of imidazole rings is 1. The lowest BCUT2D eigenvalue weighted by atomic mass is 9.94. The number of hydrogen-bond donors (Lipinski definition) is 0. The van der Waals surface area contributed by atoms with Crippen molar-refractivity contribution in [3.05, 3.63) is 78.5 Å². The second-order valence-electron chi connectivity index (χ2n) is 6.77. The largest absolute Gasteiger partial charge is 0.302 e. The summed E-state index contributed by atoms with van der Waals surface area (Å²) in [4.78, 5) is 11.6. The molecular weight excluding hydrogens is 308 g/mol. The molecule has 1 aliphatic heterocycles. The van der Waals surface area contributed by atoms with Gasteiger partial charge in [-0.25, -0.2) is 9.97 Å². The number of benzene rings is 1. The molecular formula is C21H24N4. The third-order valence-electron chi connectivity index (χ3n) is 5.01. The van der Waals surface area contributed by atoms with E-state index in [9.17, 15) is 0 Å². The second-order valence-corrected chi connectivity index (χ2v) is 6.77. The molecule has 1 fully saturated rings. The van der Waals surface area contributed by atoms with Gasteiger partial charge in [-0.2, -0.15) is 0 Å². The number of likely N-dealkylation sites (tertiary alicyclic amines) is 1. The normalized spacial score (nSPS) is 18.3. The highest BCUT2D eigenvalue weighted by atomic mass is 15.1. The predicted octanol–water partition coefficient (Wildman–Crippen LogP) is 3.69. The Morgan fingerprint density at radius 1 is 1.04 bits per heavy atom. The minimum Gasteiger partial charge on any atom is -0.302 e. The molecule has 4 rings (SSSR count). The monoisotopic (exact) mass is 332 g/mol. The SMILES string of the molecule is c1ccc(CCN2CCC[C@H](c3cccc(-n4ccnc4)n3)C2)cc1. The van der Waals surface area contributed by atoms with Gasteiger partial charge in [-0.15, -0.1) is 0 Å². The van der Waals surface area contributed by atoms with Crippen LogP contribution in [0.2, 0.25) is 0 Å². The van der Waals surface area contributed by atoms with E-state index in [4.69, 9.17) is 4.98 Å². The summed E-state index contributed by atoms with van der Waals surface area (Å²) in [6.07, 6.45) is 9.13. The molecule has 25 heavy (non-hydrogen) atoms. The predicted molar refractivity (Wildman–Crippen MR) is 99.9 cm³/mol. The van der Waals surface area contributed by atoms with Crippen molar-refractivity contribution in [2.24, 2.45) is 0 Å². The van der Waals surface area contributed by atoms with Gasteiger partial charge in [0, 0.05) is 37.1 Å². The molecule has 3 heterocycles. The summed E-state index contributed by atoms with van der Waals surface area (Å²) in [5, 5.41) is 0. The Balaban J connectivity index is 1.42. The number of hydrogen-bond acceptors (Lipinski definition) is 3. The first-order valence-corrected chi connectivity index (χ1v) is 9.10. The van der Waals surface area contributed by atoms with E-state index in [1.54, 1.807) is 12.5 Å². The Hall–Kier alpha value is -2.46. The summed E-state index contributed by atoms with van der Waals surface area (Å²) in [6, 6.07) is 17.1. The number of piperidine rings is 1. The second kappa shape index (κ2) is 7.62. The van der Waals surface area contributed by atoms with Crippen LogP contribution in [-0.2, 0) is 6.42 Å². The maximum absolute atomic E-state index is 4.89. The maximum atomic E-state index is 4.89. The van der Waals surface area contributed by atoms with Crippen LogP contribution in [0, 0.1) is 0 Å². The molecule has 1 aromatic carbocycles. The quantitative estimate of drug-likeness (QED) is 0.714.